The standard InChI is InChI=1S/C12H16BrNO4S/c1-9(12(15)14-7-8-18-2)19(16,17)11-5-3-10(13)4-6-11/h3-6,9H,7-8H2,1-2H3,(H,14,15). The van der Waals surface area contributed by atoms with Crippen LogP contribution in [0, 0.1) is 0 Å². The number of amides is 1. The van der Waals surface area contributed by atoms with E-state index in [4.69, 9.17) is 4.74 Å². The van der Waals surface area contributed by atoms with Gasteiger partial charge >= 0.3 is 0 Å². The number of carbonyl (C=O) groups excluding carboxylic acids is 1. The average Bonchev–Trinajstić information content (AvgIpc) is 2.38. The lowest BCUT2D eigenvalue weighted by atomic mass is 10.4. The molecular formula is C12H16BrNO4S. The molecule has 7 heteroatoms. The van der Waals surface area contributed by atoms with Gasteiger partial charge in [-0.2, -0.15) is 0 Å². The second-order valence-corrected chi connectivity index (χ2v) is 7.11. The number of benzene rings is 1. The number of rotatable bonds is 6. The summed E-state index contributed by atoms with van der Waals surface area (Å²) in [5.74, 6) is -0.528. The van der Waals surface area contributed by atoms with E-state index in [0.29, 0.717) is 6.61 Å². The predicted octanol–water partition coefficient (Wildman–Crippen LogP) is 1.37. The van der Waals surface area contributed by atoms with E-state index >= 15 is 0 Å². The first-order valence-corrected chi connectivity index (χ1v) is 7.99. The van der Waals surface area contributed by atoms with Gasteiger partial charge in [0.05, 0.1) is 11.5 Å². The summed E-state index contributed by atoms with van der Waals surface area (Å²) in [5.41, 5.74) is 0. The number of nitrogens with one attached hydrogen (secondary N) is 1. The highest BCUT2D eigenvalue weighted by atomic mass is 79.9. The number of sulfone groups is 1. The summed E-state index contributed by atoms with van der Waals surface area (Å²) in [6, 6.07) is 6.20. The molecule has 0 radical (unpaired) electrons. The van der Waals surface area contributed by atoms with E-state index in [2.05, 4.69) is 21.2 Å². The molecule has 0 saturated carbocycles. The van der Waals surface area contributed by atoms with Crippen molar-refractivity contribution in [2.24, 2.45) is 0 Å². The number of carbonyl (C=O) groups is 1. The first-order chi connectivity index (χ1) is 8.89. The van der Waals surface area contributed by atoms with Gasteiger partial charge in [-0.3, -0.25) is 4.79 Å². The van der Waals surface area contributed by atoms with Crippen molar-refractivity contribution >= 4 is 31.7 Å². The van der Waals surface area contributed by atoms with Crippen LogP contribution in [0.1, 0.15) is 6.92 Å². The summed E-state index contributed by atoms with van der Waals surface area (Å²) in [7, 11) is -2.16. The first-order valence-electron chi connectivity index (χ1n) is 5.65. The van der Waals surface area contributed by atoms with Crippen LogP contribution in [0.4, 0.5) is 0 Å². The van der Waals surface area contributed by atoms with Gasteiger partial charge in [0.15, 0.2) is 9.84 Å². The van der Waals surface area contributed by atoms with E-state index in [9.17, 15) is 13.2 Å². The van der Waals surface area contributed by atoms with Gasteiger partial charge < -0.3 is 10.1 Å². The minimum Gasteiger partial charge on any atom is -0.383 e. The number of hydrogen-bond acceptors (Lipinski definition) is 4. The van der Waals surface area contributed by atoms with Crippen molar-refractivity contribution in [3.8, 4) is 0 Å². The predicted molar refractivity (Wildman–Crippen MR) is 75.7 cm³/mol. The molecule has 1 rings (SSSR count). The molecule has 0 saturated heterocycles. The maximum absolute atomic E-state index is 12.2. The molecule has 106 valence electrons. The molecule has 1 aromatic carbocycles. The summed E-state index contributed by atoms with van der Waals surface area (Å²) in [6.45, 7) is 2.01. The van der Waals surface area contributed by atoms with Gasteiger partial charge in [-0.25, -0.2) is 8.42 Å². The van der Waals surface area contributed by atoms with Gasteiger partial charge in [0, 0.05) is 18.1 Å². The van der Waals surface area contributed by atoms with E-state index < -0.39 is 21.0 Å². The van der Waals surface area contributed by atoms with Gasteiger partial charge in [-0.1, -0.05) is 15.9 Å². The van der Waals surface area contributed by atoms with Crippen LogP contribution in [0.5, 0.6) is 0 Å². The highest BCUT2D eigenvalue weighted by molar-refractivity contribution is 9.10. The van der Waals surface area contributed by atoms with Gasteiger partial charge in [0.2, 0.25) is 5.91 Å². The summed E-state index contributed by atoms with van der Waals surface area (Å²) in [4.78, 5) is 11.9. The number of hydrogen-bond donors (Lipinski definition) is 1. The molecule has 1 amide bonds. The van der Waals surface area contributed by atoms with E-state index in [1.807, 2.05) is 0 Å². The lowest BCUT2D eigenvalue weighted by molar-refractivity contribution is -0.120. The molecule has 1 atom stereocenters. The van der Waals surface area contributed by atoms with Crippen molar-refractivity contribution in [2.75, 3.05) is 20.3 Å². The number of halogens is 1. The topological polar surface area (TPSA) is 72.5 Å². The van der Waals surface area contributed by atoms with Crippen LogP contribution >= 0.6 is 15.9 Å². The van der Waals surface area contributed by atoms with Crippen LogP contribution in [0.25, 0.3) is 0 Å². The molecule has 0 aliphatic heterocycles. The van der Waals surface area contributed by atoms with E-state index in [1.165, 1.54) is 26.2 Å². The highest BCUT2D eigenvalue weighted by Gasteiger charge is 2.29. The Labute approximate surface area is 121 Å². The van der Waals surface area contributed by atoms with E-state index in [0.717, 1.165) is 4.47 Å². The van der Waals surface area contributed by atoms with Crippen molar-refractivity contribution in [3.05, 3.63) is 28.7 Å². The summed E-state index contributed by atoms with van der Waals surface area (Å²) in [5, 5.41) is 1.38. The molecular weight excluding hydrogens is 334 g/mol. The third kappa shape index (κ3) is 4.29. The molecule has 0 fully saturated rings. The zero-order valence-corrected chi connectivity index (χ0v) is 13.1. The number of methoxy groups -OCH3 is 1. The van der Waals surface area contributed by atoms with Gasteiger partial charge in [0.1, 0.15) is 5.25 Å². The van der Waals surface area contributed by atoms with Gasteiger partial charge in [0.25, 0.3) is 0 Å². The molecule has 0 bridgehead atoms. The van der Waals surface area contributed by atoms with Crippen molar-refractivity contribution in [1.82, 2.24) is 5.32 Å². The Morgan fingerprint density at radius 3 is 2.47 bits per heavy atom. The monoisotopic (exact) mass is 349 g/mol. The Balaban J connectivity index is 2.82. The van der Waals surface area contributed by atoms with Crippen LogP contribution < -0.4 is 5.32 Å². The Hall–Kier alpha value is -0.920. The fraction of sp³-hybridized carbons (Fsp3) is 0.417. The Morgan fingerprint density at radius 2 is 1.95 bits per heavy atom. The second-order valence-electron chi connectivity index (χ2n) is 3.92. The smallest absolute Gasteiger partial charge is 0.238 e. The molecule has 1 aromatic rings. The van der Waals surface area contributed by atoms with E-state index in [1.54, 1.807) is 12.1 Å². The van der Waals surface area contributed by atoms with Crippen molar-refractivity contribution in [3.63, 3.8) is 0 Å². The Kier molecular flexibility index (Phi) is 5.96. The molecule has 19 heavy (non-hydrogen) atoms. The van der Waals surface area contributed by atoms with E-state index in [-0.39, 0.29) is 11.4 Å². The van der Waals surface area contributed by atoms with Crippen molar-refractivity contribution in [1.29, 1.82) is 0 Å². The molecule has 0 aromatic heterocycles. The summed E-state index contributed by atoms with van der Waals surface area (Å²) < 4.78 is 30.0. The lowest BCUT2D eigenvalue weighted by Gasteiger charge is -2.13. The quantitative estimate of drug-likeness (QED) is 0.787. The van der Waals surface area contributed by atoms with Crippen LogP contribution in [0.15, 0.2) is 33.6 Å². The second kappa shape index (κ2) is 7.02. The Bertz CT molecular complexity index is 527. The zero-order valence-electron chi connectivity index (χ0n) is 10.7. The molecule has 1 unspecified atom stereocenters. The third-order valence-electron chi connectivity index (χ3n) is 2.58. The first kappa shape index (κ1) is 16.1. The fourth-order valence-electron chi connectivity index (χ4n) is 1.39. The van der Waals surface area contributed by atoms with Crippen molar-refractivity contribution in [2.45, 2.75) is 17.1 Å². The molecule has 0 aliphatic carbocycles. The Morgan fingerprint density at radius 1 is 1.37 bits per heavy atom. The van der Waals surface area contributed by atoms with Crippen LogP contribution in [-0.2, 0) is 19.4 Å². The SMILES string of the molecule is COCCNC(=O)C(C)S(=O)(=O)c1ccc(Br)cc1. The minimum absolute atomic E-state index is 0.130. The third-order valence-corrected chi connectivity index (χ3v) is 5.19. The van der Waals surface area contributed by atoms with Gasteiger partial charge in [-0.05, 0) is 31.2 Å². The highest BCUT2D eigenvalue weighted by Crippen LogP contribution is 2.19. The average molecular weight is 350 g/mol. The molecule has 5 nitrogen and oxygen atoms in total. The zero-order chi connectivity index (χ0) is 14.5. The van der Waals surface area contributed by atoms with Crippen molar-refractivity contribution < 1.29 is 17.9 Å². The maximum Gasteiger partial charge on any atom is 0.238 e. The van der Waals surface area contributed by atoms with Gasteiger partial charge in [-0.15, -0.1) is 0 Å². The van der Waals surface area contributed by atoms with Crippen LogP contribution in [0.3, 0.4) is 0 Å². The summed E-state index contributed by atoms with van der Waals surface area (Å²) >= 11 is 3.23. The fourth-order valence-corrected chi connectivity index (χ4v) is 2.94. The molecule has 1 N–H and O–H groups in total. The maximum atomic E-state index is 12.2. The molecule has 0 heterocycles. The normalized spacial score (nSPS) is 13.0. The molecule has 0 spiro atoms. The number of ether oxygens (including phenoxy) is 1. The molecule has 0 aliphatic rings. The lowest BCUT2D eigenvalue weighted by Crippen LogP contribution is -2.39. The summed E-state index contributed by atoms with van der Waals surface area (Å²) in [6.07, 6.45) is 0. The minimum atomic E-state index is -3.67. The van der Waals surface area contributed by atoms with Crippen LogP contribution in [-0.4, -0.2) is 39.8 Å². The van der Waals surface area contributed by atoms with Crippen LogP contribution in [0.2, 0.25) is 0 Å². The largest absolute Gasteiger partial charge is 0.383 e.